The third-order valence-electron chi connectivity index (χ3n) is 6.40. The molecule has 11 heteroatoms. The number of halogens is 1. The molecule has 1 fully saturated rings. The Balaban J connectivity index is 0.00000481. The van der Waals surface area contributed by atoms with Gasteiger partial charge in [0.2, 0.25) is 10.0 Å². The van der Waals surface area contributed by atoms with Crippen LogP contribution in [-0.4, -0.2) is 54.2 Å². The SMILES string of the molecule is CCCOc1ccc(S(=O)(=O)N(Cc2ccncc2)C(C(=O)NO)[C@H]2CC[C@H](OCCC)CC2)cc1.Cl. The van der Waals surface area contributed by atoms with Gasteiger partial charge in [-0.15, -0.1) is 12.4 Å². The van der Waals surface area contributed by atoms with Crippen LogP contribution in [0.5, 0.6) is 5.75 Å². The number of pyridine rings is 1. The van der Waals surface area contributed by atoms with E-state index >= 15 is 0 Å². The fourth-order valence-corrected chi connectivity index (χ4v) is 6.20. The Kier molecular flexibility index (Phi) is 12.8. The normalized spacial score (nSPS) is 18.6. The standard InChI is InChI=1S/C26H37N3O6S.ClH/c1-3-17-34-22-7-5-21(6-8-22)25(26(30)28-31)29(19-20-13-15-27-16-14-20)36(32,33)24-11-9-23(10-12-24)35-18-4-2;/h9-16,21-22,25,31H,3-8,17-19H2,1-2H3,(H,28,30);1H/t21-,22-,25?;. The van der Waals surface area contributed by atoms with Gasteiger partial charge in [-0.3, -0.25) is 15.0 Å². The highest BCUT2D eigenvalue weighted by Gasteiger charge is 2.42. The van der Waals surface area contributed by atoms with Crippen LogP contribution in [0.1, 0.15) is 57.9 Å². The molecular formula is C26H38ClN3O6S. The van der Waals surface area contributed by atoms with Crippen molar-refractivity contribution in [3.8, 4) is 5.75 Å². The van der Waals surface area contributed by atoms with Gasteiger partial charge in [-0.25, -0.2) is 13.9 Å². The summed E-state index contributed by atoms with van der Waals surface area (Å²) in [4.78, 5) is 17.1. The first kappa shape index (κ1) is 31.0. The van der Waals surface area contributed by atoms with E-state index in [1.54, 1.807) is 42.1 Å². The first-order valence-corrected chi connectivity index (χ1v) is 14.0. The van der Waals surface area contributed by atoms with E-state index in [1.165, 1.54) is 16.4 Å². The molecule has 1 aromatic heterocycles. The average Bonchev–Trinajstić information content (AvgIpc) is 2.91. The molecule has 0 spiro atoms. The number of hydroxylamine groups is 1. The fraction of sp³-hybridized carbons (Fsp3) is 0.538. The van der Waals surface area contributed by atoms with E-state index in [4.69, 9.17) is 9.47 Å². The third kappa shape index (κ3) is 8.38. The average molecular weight is 556 g/mol. The van der Waals surface area contributed by atoms with Crippen molar-refractivity contribution in [1.82, 2.24) is 14.8 Å². The number of hydrogen-bond donors (Lipinski definition) is 2. The molecule has 206 valence electrons. The van der Waals surface area contributed by atoms with Crippen LogP contribution in [-0.2, 0) is 26.1 Å². The Hall–Kier alpha value is -2.24. The fourth-order valence-electron chi connectivity index (χ4n) is 4.57. The second-order valence-corrected chi connectivity index (χ2v) is 10.9. The second-order valence-electron chi connectivity index (χ2n) is 9.05. The van der Waals surface area contributed by atoms with E-state index in [9.17, 15) is 18.4 Å². The highest BCUT2D eigenvalue weighted by atomic mass is 35.5. The molecule has 1 atom stereocenters. The lowest BCUT2D eigenvalue weighted by atomic mass is 9.82. The third-order valence-corrected chi connectivity index (χ3v) is 8.24. The molecule has 1 aromatic carbocycles. The van der Waals surface area contributed by atoms with Gasteiger partial charge in [0, 0.05) is 25.5 Å². The summed E-state index contributed by atoms with van der Waals surface area (Å²) in [6.07, 6.45) is 7.70. The maximum Gasteiger partial charge on any atom is 0.262 e. The minimum Gasteiger partial charge on any atom is -0.494 e. The van der Waals surface area contributed by atoms with Crippen molar-refractivity contribution >= 4 is 28.3 Å². The Bertz CT molecular complexity index is 1050. The molecule has 1 saturated carbocycles. The number of amides is 1. The minimum atomic E-state index is -4.11. The van der Waals surface area contributed by atoms with Gasteiger partial charge < -0.3 is 9.47 Å². The molecule has 1 aliphatic carbocycles. The molecule has 0 saturated heterocycles. The predicted molar refractivity (Wildman–Crippen MR) is 142 cm³/mol. The van der Waals surface area contributed by atoms with Gasteiger partial charge in [0.15, 0.2) is 0 Å². The summed E-state index contributed by atoms with van der Waals surface area (Å²) in [5.74, 6) is -0.442. The summed E-state index contributed by atoms with van der Waals surface area (Å²) < 4.78 is 40.6. The maximum atomic E-state index is 14.0. The molecule has 0 bridgehead atoms. The quantitative estimate of drug-likeness (QED) is 0.279. The Morgan fingerprint density at radius 1 is 1.05 bits per heavy atom. The van der Waals surface area contributed by atoms with Crippen molar-refractivity contribution in [3.63, 3.8) is 0 Å². The number of nitrogens with one attached hydrogen (secondary N) is 1. The summed E-state index contributed by atoms with van der Waals surface area (Å²) in [5.41, 5.74) is 2.41. The largest absolute Gasteiger partial charge is 0.494 e. The molecule has 1 aliphatic rings. The van der Waals surface area contributed by atoms with Crippen molar-refractivity contribution in [3.05, 3.63) is 54.4 Å². The van der Waals surface area contributed by atoms with Gasteiger partial charge >= 0.3 is 0 Å². The molecular weight excluding hydrogens is 518 g/mol. The van der Waals surface area contributed by atoms with E-state index in [0.717, 1.165) is 25.7 Å². The number of carbonyl (C=O) groups excluding carboxylic acids is 1. The molecule has 2 aromatic rings. The smallest absolute Gasteiger partial charge is 0.262 e. The van der Waals surface area contributed by atoms with Crippen LogP contribution in [0.4, 0.5) is 0 Å². The van der Waals surface area contributed by atoms with Gasteiger partial charge in [0.25, 0.3) is 5.91 Å². The Labute approximate surface area is 226 Å². The zero-order chi connectivity index (χ0) is 26.0. The first-order valence-electron chi connectivity index (χ1n) is 12.6. The van der Waals surface area contributed by atoms with Crippen LogP contribution in [0.2, 0.25) is 0 Å². The predicted octanol–water partition coefficient (Wildman–Crippen LogP) is 4.34. The minimum absolute atomic E-state index is 0. The highest BCUT2D eigenvalue weighted by Crippen LogP contribution is 2.34. The molecule has 2 N–H and O–H groups in total. The van der Waals surface area contributed by atoms with E-state index < -0.39 is 22.0 Å². The summed E-state index contributed by atoms with van der Waals surface area (Å²) in [5, 5.41) is 9.60. The number of sulfonamides is 1. The number of hydrogen-bond acceptors (Lipinski definition) is 7. The number of ether oxygens (including phenoxy) is 2. The van der Waals surface area contributed by atoms with Crippen LogP contribution >= 0.6 is 12.4 Å². The monoisotopic (exact) mass is 555 g/mol. The van der Waals surface area contributed by atoms with E-state index in [1.807, 2.05) is 6.92 Å². The lowest BCUT2D eigenvalue weighted by molar-refractivity contribution is -0.136. The second kappa shape index (κ2) is 15.2. The van der Waals surface area contributed by atoms with E-state index in [0.29, 0.717) is 37.4 Å². The zero-order valence-electron chi connectivity index (χ0n) is 21.4. The molecule has 1 unspecified atom stereocenters. The van der Waals surface area contributed by atoms with Gasteiger partial charge in [-0.2, -0.15) is 4.31 Å². The highest BCUT2D eigenvalue weighted by molar-refractivity contribution is 7.89. The van der Waals surface area contributed by atoms with Crippen molar-refractivity contribution in [1.29, 1.82) is 0 Å². The molecule has 1 heterocycles. The number of benzene rings is 1. The first-order chi connectivity index (χ1) is 17.4. The lowest BCUT2D eigenvalue weighted by Crippen LogP contribution is -2.53. The molecule has 37 heavy (non-hydrogen) atoms. The van der Waals surface area contributed by atoms with Crippen LogP contribution in [0.25, 0.3) is 0 Å². The van der Waals surface area contributed by atoms with Gasteiger partial charge in [0.1, 0.15) is 11.8 Å². The van der Waals surface area contributed by atoms with Crippen LogP contribution < -0.4 is 10.2 Å². The van der Waals surface area contributed by atoms with Crippen molar-refractivity contribution in [2.45, 2.75) is 76.0 Å². The Morgan fingerprint density at radius 2 is 1.68 bits per heavy atom. The maximum absolute atomic E-state index is 14.0. The van der Waals surface area contributed by atoms with Crippen LogP contribution in [0.3, 0.4) is 0 Å². The summed E-state index contributed by atoms with van der Waals surface area (Å²) >= 11 is 0. The van der Waals surface area contributed by atoms with Gasteiger partial charge in [-0.1, -0.05) is 13.8 Å². The van der Waals surface area contributed by atoms with Crippen LogP contribution in [0, 0.1) is 5.92 Å². The van der Waals surface area contributed by atoms with Crippen molar-refractivity contribution < 1.29 is 27.9 Å². The summed E-state index contributed by atoms with van der Waals surface area (Å²) in [7, 11) is -4.11. The molecule has 1 amide bonds. The number of carbonyl (C=O) groups is 1. The number of nitrogens with zero attached hydrogens (tertiary/aromatic N) is 2. The van der Waals surface area contributed by atoms with Crippen molar-refractivity contribution in [2.75, 3.05) is 13.2 Å². The molecule has 0 aliphatic heterocycles. The van der Waals surface area contributed by atoms with E-state index in [-0.39, 0.29) is 35.9 Å². The number of aromatic nitrogens is 1. The molecule has 9 nitrogen and oxygen atoms in total. The summed E-state index contributed by atoms with van der Waals surface area (Å²) in [6, 6.07) is 8.55. The lowest BCUT2D eigenvalue weighted by Gasteiger charge is -2.38. The van der Waals surface area contributed by atoms with E-state index in [2.05, 4.69) is 11.9 Å². The van der Waals surface area contributed by atoms with Gasteiger partial charge in [-0.05, 0) is 86.4 Å². The van der Waals surface area contributed by atoms with Crippen molar-refractivity contribution in [2.24, 2.45) is 5.92 Å². The van der Waals surface area contributed by atoms with Crippen LogP contribution in [0.15, 0.2) is 53.7 Å². The molecule has 0 radical (unpaired) electrons. The Morgan fingerprint density at radius 3 is 2.24 bits per heavy atom. The molecule has 3 rings (SSSR count). The van der Waals surface area contributed by atoms with Gasteiger partial charge in [0.05, 0.1) is 17.6 Å². The zero-order valence-corrected chi connectivity index (χ0v) is 23.0. The topological polar surface area (TPSA) is 118 Å². The summed E-state index contributed by atoms with van der Waals surface area (Å²) in [6.45, 7) is 5.21. The number of rotatable bonds is 13.